The predicted molar refractivity (Wildman–Crippen MR) is 171 cm³/mol. The molecule has 3 aliphatic rings. The number of amides is 4. The van der Waals surface area contributed by atoms with Crippen LogP contribution in [-0.4, -0.2) is 104 Å². The van der Waals surface area contributed by atoms with Crippen LogP contribution < -0.4 is 10.5 Å². The van der Waals surface area contributed by atoms with Gasteiger partial charge in [-0.15, -0.1) is 11.8 Å². The summed E-state index contributed by atoms with van der Waals surface area (Å²) in [7, 11) is 0. The Bertz CT molecular complexity index is 1670. The summed E-state index contributed by atoms with van der Waals surface area (Å²) in [5.74, 6) is -5.81. The van der Waals surface area contributed by atoms with Crippen molar-refractivity contribution in [3.63, 3.8) is 0 Å². The minimum absolute atomic E-state index is 0.0217. The molecule has 3 unspecified atom stereocenters. The first-order chi connectivity index (χ1) is 23.2. The number of piperazine rings is 1. The summed E-state index contributed by atoms with van der Waals surface area (Å²) in [5.41, 5.74) is 6.59. The van der Waals surface area contributed by atoms with Gasteiger partial charge in [-0.1, -0.05) is 26.0 Å². The number of hydrogen-bond donors (Lipinski definition) is 2. The molecule has 16 heteroatoms. The zero-order chi connectivity index (χ0) is 35.6. The molecule has 3 N–H and O–H groups in total. The number of fused-ring (bicyclic) bond motifs is 1. The van der Waals surface area contributed by atoms with E-state index >= 15 is 0 Å². The van der Waals surface area contributed by atoms with Gasteiger partial charge in [0.25, 0.3) is 11.8 Å². The second-order valence-electron chi connectivity index (χ2n) is 12.4. The topological polar surface area (TPSA) is 154 Å². The van der Waals surface area contributed by atoms with E-state index in [-0.39, 0.29) is 68.7 Å². The first kappa shape index (κ1) is 35.7. The van der Waals surface area contributed by atoms with Crippen LogP contribution >= 0.6 is 11.8 Å². The summed E-state index contributed by atoms with van der Waals surface area (Å²) >= 11 is 1.23. The summed E-state index contributed by atoms with van der Waals surface area (Å²) in [6.45, 7) is 3.79. The smallest absolute Gasteiger partial charge is 0.345 e. The van der Waals surface area contributed by atoms with Gasteiger partial charge in [0.1, 0.15) is 23.8 Å². The van der Waals surface area contributed by atoms with Crippen LogP contribution in [0.2, 0.25) is 0 Å². The molecular weight excluding hydrogens is 667 g/mol. The number of carbonyl (C=O) groups excluding carboxylic acids is 4. The average Bonchev–Trinajstić information content (AvgIpc) is 3.55. The first-order valence-electron chi connectivity index (χ1n) is 15.6. The van der Waals surface area contributed by atoms with Crippen LogP contribution in [0.25, 0.3) is 0 Å². The zero-order valence-electron chi connectivity index (χ0n) is 26.8. The lowest BCUT2D eigenvalue weighted by Gasteiger charge is -2.40. The molecule has 2 aromatic carbocycles. The molecule has 262 valence electrons. The van der Waals surface area contributed by atoms with Gasteiger partial charge in [-0.05, 0) is 35.7 Å². The minimum Gasteiger partial charge on any atom is -0.478 e. The highest BCUT2D eigenvalue weighted by Gasteiger charge is 2.42. The fraction of sp³-hybridized carbons (Fsp3) is 0.424. The maximum atomic E-state index is 14.1. The van der Waals surface area contributed by atoms with Crippen LogP contribution in [0.5, 0.6) is 5.75 Å². The lowest BCUT2D eigenvalue weighted by atomic mass is 10.0. The first-order valence-corrected chi connectivity index (χ1v) is 16.7. The molecule has 2 saturated heterocycles. The number of carboxylic acids is 1. The number of ether oxygens (including phenoxy) is 1. The van der Waals surface area contributed by atoms with Crippen molar-refractivity contribution in [3.05, 3.63) is 76.9 Å². The SMILES string of the molecule is CC(C)C(Oc1ccc(CN2CC(=O)N3CCN(C(=O)C4SCCN4C(=O)CC(N)Cc4cc(F)c(F)cc4F)C=C3C2=O)cc1)C(=O)O. The Morgan fingerprint density at radius 1 is 1.02 bits per heavy atom. The Morgan fingerprint density at radius 3 is 2.39 bits per heavy atom. The summed E-state index contributed by atoms with van der Waals surface area (Å²) in [5, 5.41) is 8.46. The van der Waals surface area contributed by atoms with E-state index < -0.39 is 58.7 Å². The molecule has 2 fully saturated rings. The van der Waals surface area contributed by atoms with E-state index in [4.69, 9.17) is 10.5 Å². The van der Waals surface area contributed by atoms with Crippen LogP contribution in [0.3, 0.4) is 0 Å². The monoisotopic (exact) mass is 703 g/mol. The second-order valence-corrected chi connectivity index (χ2v) is 13.5. The molecule has 0 aromatic heterocycles. The number of hydrogen-bond acceptors (Lipinski definition) is 8. The zero-order valence-corrected chi connectivity index (χ0v) is 27.6. The van der Waals surface area contributed by atoms with Crippen LogP contribution in [0.4, 0.5) is 13.2 Å². The summed E-state index contributed by atoms with van der Waals surface area (Å²) < 4.78 is 46.6. The Labute approximate surface area is 284 Å². The number of nitrogens with two attached hydrogens (primary N) is 1. The quantitative estimate of drug-likeness (QED) is 0.336. The molecule has 0 spiro atoms. The number of thioether (sulfide) groups is 1. The molecule has 3 aliphatic heterocycles. The van der Waals surface area contributed by atoms with Crippen molar-refractivity contribution < 1.29 is 47.0 Å². The Hall–Kier alpha value is -4.57. The van der Waals surface area contributed by atoms with E-state index in [2.05, 4.69) is 0 Å². The third-order valence-corrected chi connectivity index (χ3v) is 9.58. The molecule has 5 rings (SSSR count). The van der Waals surface area contributed by atoms with Crippen molar-refractivity contribution in [2.24, 2.45) is 11.7 Å². The molecule has 12 nitrogen and oxygen atoms in total. The average molecular weight is 704 g/mol. The Balaban J connectivity index is 1.23. The number of rotatable bonds is 11. The van der Waals surface area contributed by atoms with Crippen LogP contribution in [0.15, 0.2) is 48.3 Å². The minimum atomic E-state index is -1.33. The molecule has 49 heavy (non-hydrogen) atoms. The molecule has 2 aromatic rings. The predicted octanol–water partition coefficient (Wildman–Crippen LogP) is 2.31. The van der Waals surface area contributed by atoms with Gasteiger partial charge in [-0.25, -0.2) is 18.0 Å². The van der Waals surface area contributed by atoms with Crippen LogP contribution in [0.1, 0.15) is 31.4 Å². The molecule has 0 aliphatic carbocycles. The van der Waals surface area contributed by atoms with Crippen molar-refractivity contribution in [2.75, 3.05) is 31.9 Å². The third kappa shape index (κ3) is 8.02. The van der Waals surface area contributed by atoms with Gasteiger partial charge in [-0.2, -0.15) is 0 Å². The standard InChI is InChI=1S/C33H36F3N5O7S/c1-18(2)29(33(46)47)48-22-5-3-19(4-6-22)15-39-17-28(43)40-8-7-38(16-26(40)30(39)44)31(45)32-41(9-10-49-32)27(42)13-21(37)11-20-12-24(35)25(36)14-23(20)34/h3-6,12,14,16,18,21,29,32H,7-11,13,15,17,37H2,1-2H3,(H,46,47). The molecule has 4 amide bonds. The van der Waals surface area contributed by atoms with E-state index in [0.717, 1.165) is 0 Å². The van der Waals surface area contributed by atoms with Gasteiger partial charge in [-0.3, -0.25) is 19.2 Å². The van der Waals surface area contributed by atoms with Gasteiger partial charge in [0.2, 0.25) is 11.8 Å². The fourth-order valence-corrected chi connectivity index (χ4v) is 7.03. The Morgan fingerprint density at radius 2 is 1.71 bits per heavy atom. The summed E-state index contributed by atoms with van der Waals surface area (Å²) in [6, 6.07) is 6.73. The number of aliphatic carboxylic acids is 1. The highest BCUT2D eigenvalue weighted by atomic mass is 32.2. The van der Waals surface area contributed by atoms with Gasteiger partial charge in [0, 0.05) is 62.6 Å². The maximum Gasteiger partial charge on any atom is 0.345 e. The number of carbonyl (C=O) groups is 5. The van der Waals surface area contributed by atoms with Crippen LogP contribution in [0, 0.1) is 23.4 Å². The highest BCUT2D eigenvalue weighted by Crippen LogP contribution is 2.30. The van der Waals surface area contributed by atoms with E-state index in [0.29, 0.717) is 29.2 Å². The van der Waals surface area contributed by atoms with E-state index in [1.165, 1.54) is 37.6 Å². The largest absolute Gasteiger partial charge is 0.478 e. The molecule has 0 bridgehead atoms. The fourth-order valence-electron chi connectivity index (χ4n) is 5.82. The highest BCUT2D eigenvalue weighted by molar-refractivity contribution is 8.00. The van der Waals surface area contributed by atoms with E-state index in [9.17, 15) is 42.3 Å². The van der Waals surface area contributed by atoms with Crippen molar-refractivity contribution in [1.29, 1.82) is 0 Å². The third-order valence-electron chi connectivity index (χ3n) is 8.39. The number of benzene rings is 2. The Kier molecular flexibility index (Phi) is 10.9. The lowest BCUT2D eigenvalue weighted by molar-refractivity contribution is -0.148. The van der Waals surface area contributed by atoms with Gasteiger partial charge in [0.15, 0.2) is 23.1 Å². The van der Waals surface area contributed by atoms with Gasteiger partial charge < -0.3 is 35.2 Å². The van der Waals surface area contributed by atoms with Crippen molar-refractivity contribution in [2.45, 2.75) is 50.8 Å². The molecule has 3 heterocycles. The van der Waals surface area contributed by atoms with Crippen LogP contribution in [-0.2, 0) is 36.9 Å². The van der Waals surface area contributed by atoms with E-state index in [1.807, 2.05) is 0 Å². The second kappa shape index (κ2) is 14.9. The van der Waals surface area contributed by atoms with Crippen molar-refractivity contribution in [3.8, 4) is 5.75 Å². The van der Waals surface area contributed by atoms with Crippen molar-refractivity contribution in [1.82, 2.24) is 19.6 Å². The molecular formula is C33H36F3N5O7S. The number of halogens is 3. The molecule has 3 atom stereocenters. The number of carboxylic acid groups (broad SMARTS) is 1. The van der Waals surface area contributed by atoms with Gasteiger partial charge in [0.05, 0.1) is 0 Å². The summed E-state index contributed by atoms with van der Waals surface area (Å²) in [6.07, 6.45) is -0.203. The normalized spacial score (nSPS) is 19.2. The number of nitrogens with zero attached hydrogens (tertiary/aromatic N) is 4. The van der Waals surface area contributed by atoms with Gasteiger partial charge >= 0.3 is 5.97 Å². The van der Waals surface area contributed by atoms with Crippen molar-refractivity contribution >= 4 is 41.4 Å². The molecule has 0 radical (unpaired) electrons. The molecule has 0 saturated carbocycles. The summed E-state index contributed by atoms with van der Waals surface area (Å²) in [4.78, 5) is 70.3. The maximum absolute atomic E-state index is 14.1. The lowest BCUT2D eigenvalue weighted by Crippen LogP contribution is -2.57. The van der Waals surface area contributed by atoms with E-state index in [1.54, 1.807) is 38.1 Å².